The lowest BCUT2D eigenvalue weighted by Gasteiger charge is -2.12. The Balaban J connectivity index is 1.28. The molecule has 0 aliphatic heterocycles. The van der Waals surface area contributed by atoms with Crippen molar-refractivity contribution in [2.75, 3.05) is 10.0 Å². The fourth-order valence-corrected chi connectivity index (χ4v) is 4.82. The number of phenols is 1. The van der Waals surface area contributed by atoms with E-state index in [0.717, 1.165) is 41.0 Å². The molecular formula is C28H21FN4O5S. The van der Waals surface area contributed by atoms with Crippen LogP contribution in [0.3, 0.4) is 0 Å². The average Bonchev–Trinajstić information content (AvgIpc) is 3.37. The van der Waals surface area contributed by atoms with Crippen molar-refractivity contribution in [3.63, 3.8) is 0 Å². The second kappa shape index (κ2) is 10.4. The van der Waals surface area contributed by atoms with Crippen LogP contribution in [0.2, 0.25) is 0 Å². The number of aryl methyl sites for hydroxylation is 1. The molecule has 0 bridgehead atoms. The summed E-state index contributed by atoms with van der Waals surface area (Å²) >= 11 is 0. The topological polar surface area (TPSA) is 134 Å². The van der Waals surface area contributed by atoms with Gasteiger partial charge in [0.05, 0.1) is 10.6 Å². The van der Waals surface area contributed by atoms with Crippen LogP contribution in [0, 0.1) is 12.7 Å². The van der Waals surface area contributed by atoms with E-state index in [1.165, 1.54) is 18.2 Å². The molecule has 0 saturated carbocycles. The van der Waals surface area contributed by atoms with Crippen LogP contribution in [0.5, 0.6) is 5.75 Å². The highest BCUT2D eigenvalue weighted by Gasteiger charge is 2.17. The van der Waals surface area contributed by atoms with Crippen LogP contribution in [0.15, 0.2) is 100 Å². The first-order valence-electron chi connectivity index (χ1n) is 11.6. The molecule has 1 heterocycles. The van der Waals surface area contributed by atoms with Gasteiger partial charge in [-0.25, -0.2) is 12.8 Å². The van der Waals surface area contributed by atoms with E-state index in [-0.39, 0.29) is 22.0 Å². The number of rotatable bonds is 7. The number of aromatic hydroxyl groups is 1. The van der Waals surface area contributed by atoms with Crippen molar-refractivity contribution in [1.29, 1.82) is 0 Å². The molecule has 0 fully saturated rings. The maximum Gasteiger partial charge on any atom is 0.262 e. The van der Waals surface area contributed by atoms with Gasteiger partial charge in [-0.3, -0.25) is 9.52 Å². The number of anilines is 2. The third-order valence-corrected chi connectivity index (χ3v) is 7.16. The summed E-state index contributed by atoms with van der Waals surface area (Å²) in [6.45, 7) is 1.72. The summed E-state index contributed by atoms with van der Waals surface area (Å²) in [4.78, 5) is 16.9. The van der Waals surface area contributed by atoms with Crippen LogP contribution in [0.1, 0.15) is 16.2 Å². The zero-order chi connectivity index (χ0) is 27.6. The van der Waals surface area contributed by atoms with Crippen molar-refractivity contribution in [2.45, 2.75) is 11.8 Å². The lowest BCUT2D eigenvalue weighted by molar-refractivity contribution is 0.102. The van der Waals surface area contributed by atoms with E-state index < -0.39 is 21.7 Å². The second-order valence-electron chi connectivity index (χ2n) is 8.54. The summed E-state index contributed by atoms with van der Waals surface area (Å²) in [5.74, 6) is -0.363. The minimum Gasteiger partial charge on any atom is -0.506 e. The standard InChI is InChI=1S/C28H21FN4O5S/c1-17-30-27(32-38-17)20-6-2-18(3-7-20)19-4-8-21(9-5-19)28(35)31-23-12-15-26(34)25(16-23)33-39(36,37)24-13-10-22(29)11-14-24/h2-16,33-34H,1H3,(H,31,35). The van der Waals surface area contributed by atoms with E-state index in [2.05, 4.69) is 20.2 Å². The Hall–Kier alpha value is -5.03. The monoisotopic (exact) mass is 544 g/mol. The Morgan fingerprint density at radius 1 is 0.872 bits per heavy atom. The van der Waals surface area contributed by atoms with Gasteiger partial charge in [-0.15, -0.1) is 0 Å². The van der Waals surface area contributed by atoms with Crippen LogP contribution in [0.4, 0.5) is 15.8 Å². The number of hydrogen-bond donors (Lipinski definition) is 3. The first kappa shape index (κ1) is 25.6. The Morgan fingerprint density at radius 3 is 2.10 bits per heavy atom. The number of amides is 1. The van der Waals surface area contributed by atoms with Crippen LogP contribution in [-0.2, 0) is 10.0 Å². The summed E-state index contributed by atoms with van der Waals surface area (Å²) < 4.78 is 45.7. The molecular weight excluding hydrogens is 523 g/mol. The number of halogens is 1. The second-order valence-corrected chi connectivity index (χ2v) is 10.2. The molecule has 1 aromatic heterocycles. The predicted octanol–water partition coefficient (Wildman–Crippen LogP) is 5.61. The Kier molecular flexibility index (Phi) is 6.82. The molecule has 196 valence electrons. The predicted molar refractivity (Wildman–Crippen MR) is 143 cm³/mol. The van der Waals surface area contributed by atoms with Crippen molar-refractivity contribution in [3.05, 3.63) is 108 Å². The maximum absolute atomic E-state index is 13.2. The maximum atomic E-state index is 13.2. The van der Waals surface area contributed by atoms with Crippen molar-refractivity contribution < 1.29 is 27.2 Å². The minimum atomic E-state index is -4.10. The number of hydrogen-bond acceptors (Lipinski definition) is 7. The van der Waals surface area contributed by atoms with Gasteiger partial charge in [0.1, 0.15) is 11.6 Å². The number of carbonyl (C=O) groups excluding carboxylic acids is 1. The quantitative estimate of drug-likeness (QED) is 0.179. The zero-order valence-electron chi connectivity index (χ0n) is 20.4. The molecule has 4 aromatic carbocycles. The Labute approximate surface area is 223 Å². The molecule has 39 heavy (non-hydrogen) atoms. The van der Waals surface area contributed by atoms with E-state index in [1.54, 1.807) is 19.1 Å². The lowest BCUT2D eigenvalue weighted by Crippen LogP contribution is -2.14. The van der Waals surface area contributed by atoms with E-state index in [4.69, 9.17) is 4.52 Å². The van der Waals surface area contributed by atoms with E-state index in [0.29, 0.717) is 17.3 Å². The van der Waals surface area contributed by atoms with Gasteiger partial charge in [0, 0.05) is 23.7 Å². The Bertz CT molecular complexity index is 1750. The van der Waals surface area contributed by atoms with Crippen LogP contribution < -0.4 is 10.0 Å². The number of nitrogens with one attached hydrogen (secondary N) is 2. The highest BCUT2D eigenvalue weighted by molar-refractivity contribution is 7.92. The molecule has 3 N–H and O–H groups in total. The van der Waals surface area contributed by atoms with Gasteiger partial charge in [-0.2, -0.15) is 4.98 Å². The average molecular weight is 545 g/mol. The van der Waals surface area contributed by atoms with Crippen molar-refractivity contribution >= 4 is 27.3 Å². The number of carbonyl (C=O) groups is 1. The molecule has 0 spiro atoms. The molecule has 0 unspecified atom stereocenters. The van der Waals surface area contributed by atoms with Gasteiger partial charge in [0.15, 0.2) is 0 Å². The fraction of sp³-hybridized carbons (Fsp3) is 0.0357. The molecule has 5 aromatic rings. The molecule has 9 nitrogen and oxygen atoms in total. The third-order valence-electron chi connectivity index (χ3n) is 5.77. The summed E-state index contributed by atoms with van der Waals surface area (Å²) in [5, 5.41) is 16.7. The normalized spacial score (nSPS) is 11.2. The highest BCUT2D eigenvalue weighted by atomic mass is 32.2. The van der Waals surface area contributed by atoms with Gasteiger partial charge in [0.2, 0.25) is 11.7 Å². The fourth-order valence-electron chi connectivity index (χ4n) is 3.76. The Morgan fingerprint density at radius 2 is 1.49 bits per heavy atom. The molecule has 11 heteroatoms. The molecule has 0 aliphatic rings. The molecule has 0 saturated heterocycles. The first-order valence-corrected chi connectivity index (χ1v) is 13.1. The van der Waals surface area contributed by atoms with Crippen LogP contribution in [-0.4, -0.2) is 29.6 Å². The molecule has 0 radical (unpaired) electrons. The van der Waals surface area contributed by atoms with Gasteiger partial charge >= 0.3 is 0 Å². The number of sulfonamides is 1. The zero-order valence-corrected chi connectivity index (χ0v) is 21.2. The number of phenolic OH excluding ortho intramolecular Hbond substituents is 1. The first-order chi connectivity index (χ1) is 18.7. The third kappa shape index (κ3) is 5.78. The van der Waals surface area contributed by atoms with Crippen molar-refractivity contribution in [3.8, 4) is 28.3 Å². The van der Waals surface area contributed by atoms with E-state index >= 15 is 0 Å². The van der Waals surface area contributed by atoms with Crippen LogP contribution >= 0.6 is 0 Å². The molecule has 1 amide bonds. The highest BCUT2D eigenvalue weighted by Crippen LogP contribution is 2.30. The molecule has 0 atom stereocenters. The van der Waals surface area contributed by atoms with E-state index in [9.17, 15) is 22.7 Å². The summed E-state index contributed by atoms with van der Waals surface area (Å²) in [7, 11) is -4.10. The smallest absolute Gasteiger partial charge is 0.262 e. The van der Waals surface area contributed by atoms with Gasteiger partial charge < -0.3 is 14.9 Å². The summed E-state index contributed by atoms with van der Waals surface area (Å²) in [5.41, 5.74) is 3.13. The summed E-state index contributed by atoms with van der Waals surface area (Å²) in [6, 6.07) is 22.8. The summed E-state index contributed by atoms with van der Waals surface area (Å²) in [6.07, 6.45) is 0. The molecule has 5 rings (SSSR count). The number of benzene rings is 4. The molecule has 0 aliphatic carbocycles. The number of aromatic nitrogens is 2. The van der Waals surface area contributed by atoms with Crippen molar-refractivity contribution in [1.82, 2.24) is 10.1 Å². The van der Waals surface area contributed by atoms with E-state index in [1.807, 2.05) is 36.4 Å². The van der Waals surface area contributed by atoms with Crippen LogP contribution in [0.25, 0.3) is 22.5 Å². The number of nitrogens with zero attached hydrogens (tertiary/aromatic N) is 2. The SMILES string of the molecule is Cc1nc(-c2ccc(-c3ccc(C(=O)Nc4ccc(O)c(NS(=O)(=O)c5ccc(F)cc5)c4)cc3)cc2)no1. The largest absolute Gasteiger partial charge is 0.506 e. The van der Waals surface area contributed by atoms with Gasteiger partial charge in [-0.05, 0) is 65.7 Å². The van der Waals surface area contributed by atoms with Crippen molar-refractivity contribution in [2.24, 2.45) is 0 Å². The van der Waals surface area contributed by atoms with Gasteiger partial charge in [0.25, 0.3) is 15.9 Å². The van der Waals surface area contributed by atoms with Gasteiger partial charge in [-0.1, -0.05) is 41.6 Å². The minimum absolute atomic E-state index is 0.146. The lowest BCUT2D eigenvalue weighted by atomic mass is 10.0.